The van der Waals surface area contributed by atoms with Crippen LogP contribution in [0.4, 0.5) is 13.2 Å². The van der Waals surface area contributed by atoms with Crippen LogP contribution < -0.4 is 5.32 Å². The van der Waals surface area contributed by atoms with Gasteiger partial charge in [-0.1, -0.05) is 17.7 Å². The second kappa shape index (κ2) is 8.00. The zero-order valence-corrected chi connectivity index (χ0v) is 14.9. The summed E-state index contributed by atoms with van der Waals surface area (Å²) in [6.45, 7) is 0.799. The number of hydrogen-bond acceptors (Lipinski definition) is 2. The minimum absolute atomic E-state index is 0.158. The predicted octanol–water partition coefficient (Wildman–Crippen LogP) is 3.79. The van der Waals surface area contributed by atoms with Gasteiger partial charge in [0.1, 0.15) is 0 Å². The SMILES string of the molecule is O=C(NC1CCN(C(=O)c2cccc(Cl)c2)CC1)c1ccc(F)c(F)c1F. The fourth-order valence-corrected chi connectivity index (χ4v) is 3.19. The molecule has 2 aromatic rings. The molecule has 27 heavy (non-hydrogen) atoms. The molecule has 0 atom stereocenters. The first-order valence-corrected chi connectivity index (χ1v) is 8.74. The number of carbonyl (C=O) groups excluding carboxylic acids is 2. The van der Waals surface area contributed by atoms with Crippen LogP contribution in [0, 0.1) is 17.5 Å². The highest BCUT2D eigenvalue weighted by Gasteiger charge is 2.26. The Kier molecular flexibility index (Phi) is 5.70. The van der Waals surface area contributed by atoms with E-state index in [-0.39, 0.29) is 11.9 Å². The van der Waals surface area contributed by atoms with Gasteiger partial charge in [0.05, 0.1) is 5.56 Å². The number of rotatable bonds is 3. The van der Waals surface area contributed by atoms with Crippen LogP contribution in [0.25, 0.3) is 0 Å². The van der Waals surface area contributed by atoms with Crippen LogP contribution in [-0.4, -0.2) is 35.8 Å². The molecule has 1 saturated heterocycles. The molecule has 0 radical (unpaired) electrons. The average molecular weight is 397 g/mol. The number of piperidine rings is 1. The number of carbonyl (C=O) groups is 2. The van der Waals surface area contributed by atoms with Gasteiger partial charge in [-0.25, -0.2) is 13.2 Å². The summed E-state index contributed by atoms with van der Waals surface area (Å²) in [5.41, 5.74) is -0.0693. The maximum atomic E-state index is 13.7. The molecule has 1 N–H and O–H groups in total. The molecular weight excluding hydrogens is 381 g/mol. The lowest BCUT2D eigenvalue weighted by molar-refractivity contribution is 0.0697. The zero-order valence-electron chi connectivity index (χ0n) is 14.1. The Bertz CT molecular complexity index is 883. The third kappa shape index (κ3) is 4.24. The molecular formula is C19H16ClF3N2O2. The van der Waals surface area contributed by atoms with Crippen LogP contribution in [-0.2, 0) is 0 Å². The second-order valence-corrected chi connectivity index (χ2v) is 6.71. The maximum Gasteiger partial charge on any atom is 0.254 e. The number of likely N-dealkylation sites (tertiary alicyclic amines) is 1. The Hall–Kier alpha value is -2.54. The summed E-state index contributed by atoms with van der Waals surface area (Å²) in [5, 5.41) is 3.07. The minimum Gasteiger partial charge on any atom is -0.349 e. The fourth-order valence-electron chi connectivity index (χ4n) is 3.00. The molecule has 0 aromatic heterocycles. The molecule has 0 unspecified atom stereocenters. The number of halogens is 4. The Morgan fingerprint density at radius 3 is 2.41 bits per heavy atom. The van der Waals surface area contributed by atoms with Crippen molar-refractivity contribution in [1.82, 2.24) is 10.2 Å². The van der Waals surface area contributed by atoms with Crippen molar-refractivity contribution in [3.8, 4) is 0 Å². The summed E-state index contributed by atoms with van der Waals surface area (Å²) in [6.07, 6.45) is 0.923. The molecule has 1 heterocycles. The van der Waals surface area contributed by atoms with Gasteiger partial charge in [-0.05, 0) is 43.2 Å². The molecule has 142 valence electrons. The van der Waals surface area contributed by atoms with Gasteiger partial charge in [0.15, 0.2) is 17.5 Å². The van der Waals surface area contributed by atoms with E-state index in [0.717, 1.165) is 6.07 Å². The van der Waals surface area contributed by atoms with E-state index in [0.29, 0.717) is 42.6 Å². The molecule has 1 aliphatic heterocycles. The number of nitrogens with one attached hydrogen (secondary N) is 1. The lowest BCUT2D eigenvalue weighted by Gasteiger charge is -2.32. The van der Waals surface area contributed by atoms with Crippen molar-refractivity contribution in [3.05, 3.63) is 70.0 Å². The lowest BCUT2D eigenvalue weighted by Crippen LogP contribution is -2.46. The van der Waals surface area contributed by atoms with E-state index in [1.54, 1.807) is 29.2 Å². The van der Waals surface area contributed by atoms with Gasteiger partial charge in [-0.3, -0.25) is 9.59 Å². The smallest absolute Gasteiger partial charge is 0.254 e. The fraction of sp³-hybridized carbons (Fsp3) is 0.263. The topological polar surface area (TPSA) is 49.4 Å². The largest absolute Gasteiger partial charge is 0.349 e. The number of hydrogen-bond donors (Lipinski definition) is 1. The highest BCUT2D eigenvalue weighted by Crippen LogP contribution is 2.19. The van der Waals surface area contributed by atoms with Crippen molar-refractivity contribution < 1.29 is 22.8 Å². The standard InChI is InChI=1S/C19H16ClF3N2O2/c20-12-3-1-2-11(10-12)19(27)25-8-6-13(7-9-25)24-18(26)14-4-5-15(21)17(23)16(14)22/h1-5,10,13H,6-9H2,(H,24,26). The number of amides is 2. The van der Waals surface area contributed by atoms with E-state index < -0.39 is 28.9 Å². The summed E-state index contributed by atoms with van der Waals surface area (Å²) in [7, 11) is 0. The quantitative estimate of drug-likeness (QED) is 0.802. The van der Waals surface area contributed by atoms with Gasteiger partial charge >= 0.3 is 0 Å². The Morgan fingerprint density at radius 2 is 1.74 bits per heavy atom. The first-order valence-electron chi connectivity index (χ1n) is 8.36. The average Bonchev–Trinajstić information content (AvgIpc) is 2.66. The van der Waals surface area contributed by atoms with E-state index >= 15 is 0 Å². The van der Waals surface area contributed by atoms with Crippen LogP contribution in [0.3, 0.4) is 0 Å². The van der Waals surface area contributed by atoms with E-state index in [2.05, 4.69) is 5.32 Å². The predicted molar refractivity (Wildman–Crippen MR) is 94.2 cm³/mol. The van der Waals surface area contributed by atoms with E-state index in [1.165, 1.54) is 0 Å². The van der Waals surface area contributed by atoms with Gasteiger partial charge in [0.2, 0.25) is 0 Å². The van der Waals surface area contributed by atoms with Crippen LogP contribution in [0.15, 0.2) is 36.4 Å². The molecule has 0 bridgehead atoms. The van der Waals surface area contributed by atoms with Gasteiger partial charge in [0, 0.05) is 29.7 Å². The molecule has 3 rings (SSSR count). The normalized spacial score (nSPS) is 14.9. The van der Waals surface area contributed by atoms with Crippen LogP contribution in [0.1, 0.15) is 33.6 Å². The van der Waals surface area contributed by atoms with Crippen molar-refractivity contribution in [2.75, 3.05) is 13.1 Å². The third-order valence-electron chi connectivity index (χ3n) is 4.47. The zero-order chi connectivity index (χ0) is 19.6. The van der Waals surface area contributed by atoms with Crippen molar-refractivity contribution in [2.45, 2.75) is 18.9 Å². The van der Waals surface area contributed by atoms with Crippen molar-refractivity contribution in [2.24, 2.45) is 0 Å². The van der Waals surface area contributed by atoms with Crippen LogP contribution in [0.5, 0.6) is 0 Å². The first kappa shape index (κ1) is 19.2. The first-order chi connectivity index (χ1) is 12.9. The molecule has 0 saturated carbocycles. The monoisotopic (exact) mass is 396 g/mol. The van der Waals surface area contributed by atoms with Gasteiger partial charge in [-0.15, -0.1) is 0 Å². The molecule has 1 fully saturated rings. The molecule has 4 nitrogen and oxygen atoms in total. The summed E-state index contributed by atoms with van der Waals surface area (Å²) in [6, 6.07) is 7.95. The third-order valence-corrected chi connectivity index (χ3v) is 4.70. The second-order valence-electron chi connectivity index (χ2n) is 6.27. The summed E-state index contributed by atoms with van der Waals surface area (Å²) in [5.74, 6) is -5.51. The summed E-state index contributed by atoms with van der Waals surface area (Å²) < 4.78 is 40.0. The Morgan fingerprint density at radius 1 is 1.04 bits per heavy atom. The molecule has 0 aliphatic carbocycles. The van der Waals surface area contributed by atoms with E-state index in [9.17, 15) is 22.8 Å². The lowest BCUT2D eigenvalue weighted by atomic mass is 10.0. The van der Waals surface area contributed by atoms with Crippen molar-refractivity contribution in [1.29, 1.82) is 0 Å². The van der Waals surface area contributed by atoms with Crippen molar-refractivity contribution in [3.63, 3.8) is 0 Å². The molecule has 2 amide bonds. The van der Waals surface area contributed by atoms with Crippen molar-refractivity contribution >= 4 is 23.4 Å². The van der Waals surface area contributed by atoms with Gasteiger partial charge in [0.25, 0.3) is 11.8 Å². The van der Waals surface area contributed by atoms with Gasteiger partial charge in [-0.2, -0.15) is 0 Å². The Balaban J connectivity index is 1.59. The summed E-state index contributed by atoms with van der Waals surface area (Å²) in [4.78, 5) is 26.3. The van der Waals surface area contributed by atoms with E-state index in [1.807, 2.05) is 0 Å². The van der Waals surface area contributed by atoms with Crippen LogP contribution >= 0.6 is 11.6 Å². The maximum absolute atomic E-state index is 13.7. The number of benzene rings is 2. The van der Waals surface area contributed by atoms with Gasteiger partial charge < -0.3 is 10.2 Å². The molecule has 0 spiro atoms. The minimum atomic E-state index is -1.68. The molecule has 2 aromatic carbocycles. The van der Waals surface area contributed by atoms with Crippen LogP contribution in [0.2, 0.25) is 5.02 Å². The summed E-state index contributed by atoms with van der Waals surface area (Å²) >= 11 is 5.90. The highest BCUT2D eigenvalue weighted by molar-refractivity contribution is 6.30. The Labute approximate surface area is 158 Å². The van der Waals surface area contributed by atoms with E-state index in [4.69, 9.17) is 11.6 Å². The molecule has 1 aliphatic rings. The number of nitrogens with zero attached hydrogens (tertiary/aromatic N) is 1. The molecule has 8 heteroatoms. The highest BCUT2D eigenvalue weighted by atomic mass is 35.5.